The number of hydrogen-bond donors (Lipinski definition) is 1. The molecule has 0 bridgehead atoms. The van der Waals surface area contributed by atoms with E-state index in [2.05, 4.69) is 0 Å². The Morgan fingerprint density at radius 1 is 1.45 bits per heavy atom. The van der Waals surface area contributed by atoms with E-state index < -0.39 is 14.9 Å². The van der Waals surface area contributed by atoms with Crippen LogP contribution in [0.4, 0.5) is 5.69 Å². The minimum absolute atomic E-state index is 0.00650. The predicted molar refractivity (Wildman–Crippen MR) is 83.0 cm³/mol. The first-order chi connectivity index (χ1) is 10.2. The zero-order valence-corrected chi connectivity index (χ0v) is 13.5. The SMILES string of the molecule is Cc1ccc([N+](=O)[O-])cc1S(=O)(=O)N1CCCC(C(C)N)C1. The molecule has 0 saturated carbocycles. The molecule has 0 spiro atoms. The lowest BCUT2D eigenvalue weighted by Gasteiger charge is -2.34. The summed E-state index contributed by atoms with van der Waals surface area (Å²) in [5.74, 6) is 0.113. The van der Waals surface area contributed by atoms with Crippen LogP contribution < -0.4 is 5.73 Å². The van der Waals surface area contributed by atoms with Gasteiger partial charge in [0.15, 0.2) is 0 Å². The summed E-state index contributed by atoms with van der Waals surface area (Å²) in [4.78, 5) is 10.3. The molecule has 1 aromatic rings. The summed E-state index contributed by atoms with van der Waals surface area (Å²) in [5, 5.41) is 10.9. The quantitative estimate of drug-likeness (QED) is 0.668. The van der Waals surface area contributed by atoms with Crippen molar-refractivity contribution >= 4 is 15.7 Å². The number of hydrogen-bond acceptors (Lipinski definition) is 5. The molecule has 2 atom stereocenters. The van der Waals surface area contributed by atoms with Crippen molar-refractivity contribution in [3.05, 3.63) is 33.9 Å². The average Bonchev–Trinajstić information content (AvgIpc) is 2.47. The van der Waals surface area contributed by atoms with Gasteiger partial charge in [0, 0.05) is 31.3 Å². The molecule has 8 heteroatoms. The van der Waals surface area contributed by atoms with Gasteiger partial charge in [-0.3, -0.25) is 10.1 Å². The van der Waals surface area contributed by atoms with Crippen LogP contribution in [0.5, 0.6) is 0 Å². The van der Waals surface area contributed by atoms with Crippen molar-refractivity contribution in [2.75, 3.05) is 13.1 Å². The molecule has 1 aliphatic rings. The molecule has 0 aromatic heterocycles. The summed E-state index contributed by atoms with van der Waals surface area (Å²) >= 11 is 0. The molecule has 1 saturated heterocycles. The molecule has 1 aromatic carbocycles. The number of non-ortho nitro benzene ring substituents is 1. The van der Waals surface area contributed by atoms with Crippen molar-refractivity contribution < 1.29 is 13.3 Å². The van der Waals surface area contributed by atoms with Crippen molar-refractivity contribution in [3.63, 3.8) is 0 Å². The highest BCUT2D eigenvalue weighted by Crippen LogP contribution is 2.28. The van der Waals surface area contributed by atoms with Gasteiger partial charge in [-0.05, 0) is 38.2 Å². The summed E-state index contributed by atoms with van der Waals surface area (Å²) < 4.78 is 27.0. The smallest absolute Gasteiger partial charge is 0.270 e. The Morgan fingerprint density at radius 2 is 2.14 bits per heavy atom. The Morgan fingerprint density at radius 3 is 2.73 bits per heavy atom. The number of sulfonamides is 1. The first kappa shape index (κ1) is 16.9. The molecule has 122 valence electrons. The molecule has 0 amide bonds. The summed E-state index contributed by atoms with van der Waals surface area (Å²) in [7, 11) is -3.74. The third kappa shape index (κ3) is 3.29. The Kier molecular flexibility index (Phi) is 4.84. The van der Waals surface area contributed by atoms with Gasteiger partial charge in [-0.25, -0.2) is 8.42 Å². The van der Waals surface area contributed by atoms with Gasteiger partial charge in [0.2, 0.25) is 10.0 Å². The highest BCUT2D eigenvalue weighted by Gasteiger charge is 2.33. The highest BCUT2D eigenvalue weighted by atomic mass is 32.2. The third-order valence-electron chi connectivity index (χ3n) is 4.16. The molecule has 0 radical (unpaired) electrons. The van der Waals surface area contributed by atoms with Crippen LogP contribution in [-0.2, 0) is 10.0 Å². The normalized spacial score (nSPS) is 21.5. The molecule has 1 heterocycles. The third-order valence-corrected chi connectivity index (χ3v) is 6.17. The van der Waals surface area contributed by atoms with E-state index >= 15 is 0 Å². The van der Waals surface area contributed by atoms with Gasteiger partial charge in [0.1, 0.15) is 0 Å². The second-order valence-electron chi connectivity index (χ2n) is 5.83. The molecule has 2 N–H and O–H groups in total. The van der Waals surface area contributed by atoms with Crippen molar-refractivity contribution in [2.45, 2.75) is 37.6 Å². The van der Waals surface area contributed by atoms with Crippen molar-refractivity contribution in [1.29, 1.82) is 0 Å². The molecule has 22 heavy (non-hydrogen) atoms. The topological polar surface area (TPSA) is 107 Å². The number of aryl methyl sites for hydroxylation is 1. The first-order valence-electron chi connectivity index (χ1n) is 7.24. The van der Waals surface area contributed by atoms with E-state index in [-0.39, 0.29) is 22.5 Å². The maximum Gasteiger partial charge on any atom is 0.270 e. The zero-order valence-electron chi connectivity index (χ0n) is 12.7. The molecule has 1 aliphatic heterocycles. The number of nitrogens with zero attached hydrogens (tertiary/aromatic N) is 2. The van der Waals surface area contributed by atoms with Crippen molar-refractivity contribution in [3.8, 4) is 0 Å². The van der Waals surface area contributed by atoms with Crippen LogP contribution in [0.3, 0.4) is 0 Å². The zero-order chi connectivity index (χ0) is 16.5. The van der Waals surface area contributed by atoms with Gasteiger partial charge in [-0.2, -0.15) is 4.31 Å². The van der Waals surface area contributed by atoms with Crippen LogP contribution in [0.25, 0.3) is 0 Å². The first-order valence-corrected chi connectivity index (χ1v) is 8.68. The lowest BCUT2D eigenvalue weighted by molar-refractivity contribution is -0.385. The van der Waals surface area contributed by atoms with Gasteiger partial charge in [-0.1, -0.05) is 6.07 Å². The van der Waals surface area contributed by atoms with Crippen LogP contribution in [0, 0.1) is 23.0 Å². The van der Waals surface area contributed by atoms with E-state index in [1.54, 1.807) is 6.92 Å². The standard InChI is InChI=1S/C14H21N3O4S/c1-10-5-6-13(17(18)19)8-14(10)22(20,21)16-7-3-4-12(9-16)11(2)15/h5-6,8,11-12H,3-4,7,9,15H2,1-2H3. The molecule has 0 aliphatic carbocycles. The van der Waals surface area contributed by atoms with Crippen LogP contribution >= 0.6 is 0 Å². The number of nitro benzene ring substituents is 1. The predicted octanol–water partition coefficient (Wildman–Crippen LogP) is 1.65. The highest BCUT2D eigenvalue weighted by molar-refractivity contribution is 7.89. The van der Waals surface area contributed by atoms with Gasteiger partial charge in [0.25, 0.3) is 5.69 Å². The number of piperidine rings is 1. The minimum atomic E-state index is -3.74. The Balaban J connectivity index is 2.38. The van der Waals surface area contributed by atoms with E-state index in [1.807, 2.05) is 6.92 Å². The molecule has 2 rings (SSSR count). The number of benzene rings is 1. The molecule has 2 unspecified atom stereocenters. The largest absolute Gasteiger partial charge is 0.328 e. The van der Waals surface area contributed by atoms with Crippen LogP contribution in [0.1, 0.15) is 25.3 Å². The molecule has 1 fully saturated rings. The summed E-state index contributed by atoms with van der Waals surface area (Å²) in [6, 6.07) is 3.84. The van der Waals surface area contributed by atoms with E-state index in [0.29, 0.717) is 18.7 Å². The van der Waals surface area contributed by atoms with Crippen molar-refractivity contribution in [2.24, 2.45) is 11.7 Å². The number of rotatable bonds is 4. The van der Waals surface area contributed by atoms with Gasteiger partial charge < -0.3 is 5.73 Å². The van der Waals surface area contributed by atoms with E-state index in [4.69, 9.17) is 5.73 Å². The van der Waals surface area contributed by atoms with E-state index in [1.165, 1.54) is 16.4 Å². The Bertz CT molecular complexity index is 673. The Labute approximate surface area is 130 Å². The second-order valence-corrected chi connectivity index (χ2v) is 7.74. The van der Waals surface area contributed by atoms with Crippen LogP contribution in [0.15, 0.2) is 23.1 Å². The number of nitro groups is 1. The average molecular weight is 327 g/mol. The van der Waals surface area contributed by atoms with E-state index in [0.717, 1.165) is 18.9 Å². The lowest BCUT2D eigenvalue weighted by atomic mass is 9.93. The van der Waals surface area contributed by atoms with E-state index in [9.17, 15) is 18.5 Å². The van der Waals surface area contributed by atoms with Gasteiger partial charge >= 0.3 is 0 Å². The minimum Gasteiger partial charge on any atom is -0.328 e. The van der Waals surface area contributed by atoms with Crippen LogP contribution in [0.2, 0.25) is 0 Å². The lowest BCUT2D eigenvalue weighted by Crippen LogP contribution is -2.45. The van der Waals surface area contributed by atoms with Crippen LogP contribution in [-0.4, -0.2) is 36.8 Å². The molecular weight excluding hydrogens is 306 g/mol. The Hall–Kier alpha value is -1.51. The fourth-order valence-electron chi connectivity index (χ4n) is 2.74. The second kappa shape index (κ2) is 6.31. The summed E-state index contributed by atoms with van der Waals surface area (Å²) in [6.07, 6.45) is 1.65. The maximum absolute atomic E-state index is 12.8. The summed E-state index contributed by atoms with van der Waals surface area (Å²) in [5.41, 5.74) is 6.18. The molecular formula is C14H21N3O4S. The fraction of sp³-hybridized carbons (Fsp3) is 0.571. The summed E-state index contributed by atoms with van der Waals surface area (Å²) in [6.45, 7) is 4.30. The number of nitrogens with two attached hydrogens (primary N) is 1. The maximum atomic E-state index is 12.8. The fourth-order valence-corrected chi connectivity index (χ4v) is 4.52. The van der Waals surface area contributed by atoms with Gasteiger partial charge in [-0.15, -0.1) is 0 Å². The monoisotopic (exact) mass is 327 g/mol. The molecule has 7 nitrogen and oxygen atoms in total. The van der Waals surface area contributed by atoms with Crippen molar-refractivity contribution in [1.82, 2.24) is 4.31 Å². The van der Waals surface area contributed by atoms with Gasteiger partial charge in [0.05, 0.1) is 9.82 Å².